The minimum atomic E-state index is -2.77. The molecule has 1 aliphatic rings. The molecule has 17 heavy (non-hydrogen) atoms. The smallest absolute Gasteiger partial charge is 0.150 e. The van der Waals surface area contributed by atoms with Crippen LogP contribution >= 0.6 is 0 Å². The highest BCUT2D eigenvalue weighted by Gasteiger charge is 2.24. The molecule has 5 heteroatoms. The molecule has 1 aromatic rings. The molecule has 0 amide bonds. The molecule has 1 aliphatic heterocycles. The van der Waals surface area contributed by atoms with Crippen molar-refractivity contribution in [3.63, 3.8) is 0 Å². The normalized spacial score (nSPS) is 22.2. The topological polar surface area (TPSA) is 59.1 Å². The second-order valence-corrected chi connectivity index (χ2v) is 6.90. The summed E-state index contributed by atoms with van der Waals surface area (Å²) in [5.41, 5.74) is 1.19. The van der Waals surface area contributed by atoms with Crippen LogP contribution in [0.5, 0.6) is 0 Å². The molecule has 0 saturated carbocycles. The molecule has 0 unspecified atom stereocenters. The van der Waals surface area contributed by atoms with E-state index in [4.69, 9.17) is 0 Å². The van der Waals surface area contributed by atoms with E-state index in [0.29, 0.717) is 17.5 Å². The SMILES string of the molecule is C[C@@H](NC1CCS(=O)(=O)CC1)c1ccncc1. The van der Waals surface area contributed by atoms with Gasteiger partial charge in [-0.2, -0.15) is 0 Å². The Bertz CT molecular complexity index is 445. The van der Waals surface area contributed by atoms with Crippen LogP contribution in [0.3, 0.4) is 0 Å². The predicted octanol–water partition coefficient (Wildman–Crippen LogP) is 1.31. The highest BCUT2D eigenvalue weighted by atomic mass is 32.2. The third-order valence-electron chi connectivity index (χ3n) is 3.25. The minimum absolute atomic E-state index is 0.240. The van der Waals surface area contributed by atoms with Crippen LogP contribution in [0.25, 0.3) is 0 Å². The first-order valence-corrected chi connectivity index (χ1v) is 7.75. The average Bonchev–Trinajstić information content (AvgIpc) is 2.33. The summed E-state index contributed by atoms with van der Waals surface area (Å²) in [6, 6.07) is 4.51. The van der Waals surface area contributed by atoms with Crippen LogP contribution in [0.4, 0.5) is 0 Å². The van der Waals surface area contributed by atoms with Gasteiger partial charge >= 0.3 is 0 Å². The first-order chi connectivity index (χ1) is 8.07. The number of sulfone groups is 1. The van der Waals surface area contributed by atoms with Gasteiger partial charge in [0, 0.05) is 24.5 Å². The highest BCUT2D eigenvalue weighted by Crippen LogP contribution is 2.17. The van der Waals surface area contributed by atoms with E-state index in [1.165, 1.54) is 5.56 Å². The molecule has 1 saturated heterocycles. The quantitative estimate of drug-likeness (QED) is 0.883. The van der Waals surface area contributed by atoms with Crippen LogP contribution in [0, 0.1) is 0 Å². The second-order valence-electron chi connectivity index (χ2n) is 4.59. The Morgan fingerprint density at radius 3 is 2.47 bits per heavy atom. The highest BCUT2D eigenvalue weighted by molar-refractivity contribution is 7.91. The number of hydrogen-bond donors (Lipinski definition) is 1. The van der Waals surface area contributed by atoms with Gasteiger partial charge in [-0.25, -0.2) is 8.42 Å². The maximum atomic E-state index is 11.3. The number of aromatic nitrogens is 1. The molecule has 4 nitrogen and oxygen atoms in total. The van der Waals surface area contributed by atoms with E-state index in [2.05, 4.69) is 17.2 Å². The van der Waals surface area contributed by atoms with E-state index in [1.54, 1.807) is 12.4 Å². The minimum Gasteiger partial charge on any atom is -0.307 e. The van der Waals surface area contributed by atoms with Crippen molar-refractivity contribution in [3.05, 3.63) is 30.1 Å². The van der Waals surface area contributed by atoms with E-state index in [1.807, 2.05) is 12.1 Å². The van der Waals surface area contributed by atoms with Gasteiger partial charge in [0.05, 0.1) is 11.5 Å². The zero-order valence-corrected chi connectivity index (χ0v) is 10.8. The van der Waals surface area contributed by atoms with Crippen molar-refractivity contribution >= 4 is 9.84 Å². The van der Waals surface area contributed by atoms with Gasteiger partial charge in [0.25, 0.3) is 0 Å². The standard InChI is InChI=1S/C12H18N2O2S/c1-10(11-2-6-13-7-3-11)14-12-4-8-17(15,16)9-5-12/h2-3,6-7,10,12,14H,4-5,8-9H2,1H3/t10-/m1/s1. The molecule has 0 bridgehead atoms. The van der Waals surface area contributed by atoms with Crippen molar-refractivity contribution in [2.75, 3.05) is 11.5 Å². The van der Waals surface area contributed by atoms with Crippen LogP contribution in [0.1, 0.15) is 31.4 Å². The van der Waals surface area contributed by atoms with Crippen LogP contribution in [0.15, 0.2) is 24.5 Å². The molecule has 2 heterocycles. The number of nitrogens with zero attached hydrogens (tertiary/aromatic N) is 1. The lowest BCUT2D eigenvalue weighted by Crippen LogP contribution is -2.38. The van der Waals surface area contributed by atoms with E-state index < -0.39 is 9.84 Å². The van der Waals surface area contributed by atoms with E-state index in [-0.39, 0.29) is 6.04 Å². The molecule has 1 fully saturated rings. The Labute approximate surface area is 102 Å². The van der Waals surface area contributed by atoms with Crippen LogP contribution < -0.4 is 5.32 Å². The van der Waals surface area contributed by atoms with Gasteiger partial charge in [0.15, 0.2) is 0 Å². The summed E-state index contributed by atoms with van der Waals surface area (Å²) >= 11 is 0. The third kappa shape index (κ3) is 3.51. The van der Waals surface area contributed by atoms with Gasteiger partial charge in [-0.05, 0) is 37.5 Å². The van der Waals surface area contributed by atoms with Crippen molar-refractivity contribution in [2.45, 2.75) is 31.8 Å². The molecule has 0 radical (unpaired) electrons. The molecule has 94 valence electrons. The third-order valence-corrected chi connectivity index (χ3v) is 4.96. The van der Waals surface area contributed by atoms with Crippen molar-refractivity contribution in [2.24, 2.45) is 0 Å². The van der Waals surface area contributed by atoms with Crippen molar-refractivity contribution in [1.29, 1.82) is 0 Å². The van der Waals surface area contributed by atoms with Gasteiger partial charge in [0.1, 0.15) is 9.84 Å². The first kappa shape index (κ1) is 12.5. The molecule has 0 aromatic carbocycles. The summed E-state index contributed by atoms with van der Waals surface area (Å²) in [6.07, 6.45) is 4.99. The molecule has 1 atom stereocenters. The zero-order valence-electron chi connectivity index (χ0n) is 9.96. The lowest BCUT2D eigenvalue weighted by atomic mass is 10.1. The van der Waals surface area contributed by atoms with E-state index in [0.717, 1.165) is 12.8 Å². The maximum Gasteiger partial charge on any atom is 0.150 e. The Morgan fingerprint density at radius 2 is 1.88 bits per heavy atom. The Morgan fingerprint density at radius 1 is 1.29 bits per heavy atom. The number of nitrogens with one attached hydrogen (secondary N) is 1. The molecule has 1 aromatic heterocycles. The molecular weight excluding hydrogens is 236 g/mol. The fraction of sp³-hybridized carbons (Fsp3) is 0.583. The fourth-order valence-corrected chi connectivity index (χ4v) is 3.65. The van der Waals surface area contributed by atoms with Gasteiger partial charge in [0.2, 0.25) is 0 Å². The number of pyridine rings is 1. The zero-order chi connectivity index (χ0) is 12.3. The fourth-order valence-electron chi connectivity index (χ4n) is 2.16. The Balaban J connectivity index is 1.90. The van der Waals surface area contributed by atoms with E-state index >= 15 is 0 Å². The Hall–Kier alpha value is -0.940. The average molecular weight is 254 g/mol. The van der Waals surface area contributed by atoms with Crippen LogP contribution in [-0.4, -0.2) is 30.9 Å². The maximum absolute atomic E-state index is 11.3. The molecule has 0 spiro atoms. The van der Waals surface area contributed by atoms with Crippen molar-refractivity contribution in [3.8, 4) is 0 Å². The molecule has 1 N–H and O–H groups in total. The van der Waals surface area contributed by atoms with Gasteiger partial charge in [-0.15, -0.1) is 0 Å². The largest absolute Gasteiger partial charge is 0.307 e. The first-order valence-electron chi connectivity index (χ1n) is 5.93. The van der Waals surface area contributed by atoms with Gasteiger partial charge < -0.3 is 5.32 Å². The van der Waals surface area contributed by atoms with Crippen molar-refractivity contribution < 1.29 is 8.42 Å². The van der Waals surface area contributed by atoms with Crippen molar-refractivity contribution in [1.82, 2.24) is 10.3 Å². The number of rotatable bonds is 3. The monoisotopic (exact) mass is 254 g/mol. The summed E-state index contributed by atoms with van der Waals surface area (Å²) in [5, 5.41) is 3.48. The summed E-state index contributed by atoms with van der Waals surface area (Å²) in [6.45, 7) is 2.10. The lowest BCUT2D eigenvalue weighted by molar-refractivity contribution is 0.420. The Kier molecular flexibility index (Phi) is 3.79. The molecule has 2 rings (SSSR count). The van der Waals surface area contributed by atoms with Crippen LogP contribution in [0.2, 0.25) is 0 Å². The van der Waals surface area contributed by atoms with Gasteiger partial charge in [-0.3, -0.25) is 4.98 Å². The predicted molar refractivity (Wildman–Crippen MR) is 67.5 cm³/mol. The van der Waals surface area contributed by atoms with Crippen LogP contribution in [-0.2, 0) is 9.84 Å². The van der Waals surface area contributed by atoms with E-state index in [9.17, 15) is 8.42 Å². The second kappa shape index (κ2) is 5.14. The molecular formula is C12H18N2O2S. The summed E-state index contributed by atoms with van der Waals surface area (Å²) in [5.74, 6) is 0.626. The summed E-state index contributed by atoms with van der Waals surface area (Å²) in [7, 11) is -2.77. The summed E-state index contributed by atoms with van der Waals surface area (Å²) in [4.78, 5) is 3.99. The van der Waals surface area contributed by atoms with Gasteiger partial charge in [-0.1, -0.05) is 0 Å². The summed E-state index contributed by atoms with van der Waals surface area (Å²) < 4.78 is 22.6. The number of hydrogen-bond acceptors (Lipinski definition) is 4. The lowest BCUT2D eigenvalue weighted by Gasteiger charge is -2.26. The molecule has 0 aliphatic carbocycles.